The third-order valence-corrected chi connectivity index (χ3v) is 6.27. The highest BCUT2D eigenvalue weighted by Gasteiger charge is 2.50. The molecule has 0 amide bonds. The summed E-state index contributed by atoms with van der Waals surface area (Å²) in [6.07, 6.45) is 0. The van der Waals surface area contributed by atoms with E-state index in [0.29, 0.717) is 28.3 Å². The number of esters is 1. The van der Waals surface area contributed by atoms with Gasteiger partial charge in [-0.05, 0) is 47.9 Å². The van der Waals surface area contributed by atoms with E-state index >= 15 is 0 Å². The van der Waals surface area contributed by atoms with E-state index < -0.39 is 40.0 Å². The highest BCUT2D eigenvalue weighted by atomic mass is 32.2. The molecule has 0 fully saturated rings. The van der Waals surface area contributed by atoms with Gasteiger partial charge in [0.25, 0.3) is 0 Å². The molecule has 35 heavy (non-hydrogen) atoms. The van der Waals surface area contributed by atoms with Crippen LogP contribution in [0.15, 0.2) is 72.8 Å². The second-order valence-electron chi connectivity index (χ2n) is 7.73. The number of carbonyl (C=O) groups excluding carboxylic acids is 2. The maximum absolute atomic E-state index is 13.3. The van der Waals surface area contributed by atoms with Gasteiger partial charge in [-0.25, -0.2) is 4.79 Å². The van der Waals surface area contributed by atoms with Crippen LogP contribution in [0.3, 0.4) is 0 Å². The number of alkyl halides is 3. The standard InChI is InChI=1S/C24H18F3NO6S/c1-15-7-6-8-16(13-15)33-23(30)22-17-9-2-4-11-19(17)28(20-12-5-3-10-18(20)22)14-21(29)34-35(31,32)24(25,26)27/h2-13,22H,14H2,1H3. The average Bonchev–Trinajstić information content (AvgIpc) is 2.78. The van der Waals surface area contributed by atoms with Crippen LogP contribution in [0.1, 0.15) is 22.6 Å². The fourth-order valence-corrected chi connectivity index (χ4v) is 4.25. The molecule has 0 spiro atoms. The first-order valence-electron chi connectivity index (χ1n) is 10.3. The van der Waals surface area contributed by atoms with Crippen molar-refractivity contribution in [1.82, 2.24) is 0 Å². The van der Waals surface area contributed by atoms with Gasteiger partial charge >= 0.3 is 27.6 Å². The van der Waals surface area contributed by atoms with Crippen LogP contribution in [0.25, 0.3) is 0 Å². The molecule has 182 valence electrons. The smallest absolute Gasteiger partial charge is 0.426 e. The number of rotatable bonds is 5. The zero-order valence-electron chi connectivity index (χ0n) is 18.2. The van der Waals surface area contributed by atoms with Crippen molar-refractivity contribution in [3.63, 3.8) is 0 Å². The molecule has 1 aliphatic heterocycles. The molecule has 1 heterocycles. The van der Waals surface area contributed by atoms with Crippen molar-refractivity contribution in [3.05, 3.63) is 89.5 Å². The molecule has 0 bridgehead atoms. The number of carbonyl (C=O) groups is 2. The molecule has 0 radical (unpaired) electrons. The SMILES string of the molecule is Cc1cccc(OC(=O)C2c3ccccc3N(CC(=O)OS(=O)(=O)C(F)(F)F)c3ccccc32)c1. The zero-order chi connectivity index (χ0) is 25.4. The van der Waals surface area contributed by atoms with E-state index in [0.717, 1.165) is 5.56 Å². The number of aryl methyl sites for hydroxylation is 1. The summed E-state index contributed by atoms with van der Waals surface area (Å²) in [6, 6.07) is 19.8. The number of fused-ring (bicyclic) bond motifs is 2. The van der Waals surface area contributed by atoms with Gasteiger partial charge in [0.05, 0.1) is 0 Å². The van der Waals surface area contributed by atoms with E-state index in [9.17, 15) is 31.2 Å². The average molecular weight is 505 g/mol. The lowest BCUT2D eigenvalue weighted by Crippen LogP contribution is -2.36. The number of para-hydroxylation sites is 2. The molecule has 3 aromatic carbocycles. The largest absolute Gasteiger partial charge is 0.534 e. The molecule has 0 aromatic heterocycles. The Balaban J connectivity index is 1.71. The number of hydrogen-bond donors (Lipinski definition) is 0. The van der Waals surface area contributed by atoms with Crippen molar-refractivity contribution in [1.29, 1.82) is 0 Å². The highest BCUT2D eigenvalue weighted by molar-refractivity contribution is 7.88. The summed E-state index contributed by atoms with van der Waals surface area (Å²) in [5.41, 5.74) is -3.37. The monoisotopic (exact) mass is 505 g/mol. The van der Waals surface area contributed by atoms with Gasteiger partial charge in [0.1, 0.15) is 18.2 Å². The quantitative estimate of drug-likeness (QED) is 0.217. The molecule has 7 nitrogen and oxygen atoms in total. The van der Waals surface area contributed by atoms with Gasteiger partial charge in [-0.3, -0.25) is 4.79 Å². The van der Waals surface area contributed by atoms with Crippen LogP contribution in [-0.4, -0.2) is 32.4 Å². The summed E-state index contributed by atoms with van der Waals surface area (Å²) in [5, 5.41) is 0. The van der Waals surface area contributed by atoms with Gasteiger partial charge in [0.2, 0.25) is 0 Å². The Morgan fingerprint density at radius 2 is 1.49 bits per heavy atom. The lowest BCUT2D eigenvalue weighted by atomic mass is 9.85. The highest BCUT2D eigenvalue weighted by Crippen LogP contribution is 2.46. The van der Waals surface area contributed by atoms with Crippen LogP contribution in [0.4, 0.5) is 24.5 Å². The first-order valence-corrected chi connectivity index (χ1v) is 11.7. The van der Waals surface area contributed by atoms with Gasteiger partial charge in [-0.2, -0.15) is 21.6 Å². The van der Waals surface area contributed by atoms with Crippen molar-refractivity contribution < 1.29 is 40.1 Å². The molecule has 0 saturated heterocycles. The molecular formula is C24H18F3NO6S. The third kappa shape index (κ3) is 4.85. The fourth-order valence-electron chi connectivity index (χ4n) is 3.86. The van der Waals surface area contributed by atoms with Crippen molar-refractivity contribution in [2.45, 2.75) is 18.3 Å². The van der Waals surface area contributed by atoms with E-state index in [1.54, 1.807) is 66.7 Å². The Kier molecular flexibility index (Phi) is 6.28. The fraction of sp³-hybridized carbons (Fsp3) is 0.167. The molecular weight excluding hydrogens is 487 g/mol. The molecule has 0 unspecified atom stereocenters. The van der Waals surface area contributed by atoms with Crippen molar-refractivity contribution in [3.8, 4) is 5.75 Å². The molecule has 1 aliphatic rings. The molecule has 0 N–H and O–H groups in total. The van der Waals surface area contributed by atoms with Crippen molar-refractivity contribution in [2.24, 2.45) is 0 Å². The Bertz CT molecular complexity index is 1360. The summed E-state index contributed by atoms with van der Waals surface area (Å²) in [7, 11) is -6.12. The second-order valence-corrected chi connectivity index (χ2v) is 9.27. The van der Waals surface area contributed by atoms with Crippen LogP contribution in [0.5, 0.6) is 5.75 Å². The Morgan fingerprint density at radius 3 is 2.03 bits per heavy atom. The zero-order valence-corrected chi connectivity index (χ0v) is 19.0. The lowest BCUT2D eigenvalue weighted by Gasteiger charge is -2.36. The summed E-state index contributed by atoms with van der Waals surface area (Å²) in [4.78, 5) is 26.8. The molecule has 0 atom stereocenters. The van der Waals surface area contributed by atoms with Crippen molar-refractivity contribution >= 4 is 33.4 Å². The van der Waals surface area contributed by atoms with Gasteiger partial charge in [-0.15, -0.1) is 0 Å². The number of benzene rings is 3. The van der Waals surface area contributed by atoms with E-state index in [4.69, 9.17) is 4.74 Å². The Labute approximate surface area is 198 Å². The predicted octanol–water partition coefficient (Wildman–Crippen LogP) is 4.58. The summed E-state index contributed by atoms with van der Waals surface area (Å²) in [6.45, 7) is 1.00. The van der Waals surface area contributed by atoms with E-state index in [2.05, 4.69) is 4.18 Å². The summed E-state index contributed by atoms with van der Waals surface area (Å²) < 4.78 is 70.0. The van der Waals surface area contributed by atoms with Crippen LogP contribution < -0.4 is 9.64 Å². The first-order chi connectivity index (χ1) is 16.5. The van der Waals surface area contributed by atoms with Gasteiger partial charge in [-0.1, -0.05) is 48.5 Å². The lowest BCUT2D eigenvalue weighted by molar-refractivity contribution is -0.135. The molecule has 0 aliphatic carbocycles. The van der Waals surface area contributed by atoms with Crippen LogP contribution >= 0.6 is 0 Å². The molecule has 4 rings (SSSR count). The maximum atomic E-state index is 13.3. The molecule has 11 heteroatoms. The maximum Gasteiger partial charge on any atom is 0.534 e. The van der Waals surface area contributed by atoms with Crippen LogP contribution in [0.2, 0.25) is 0 Å². The van der Waals surface area contributed by atoms with E-state index in [-0.39, 0.29) is 0 Å². The predicted molar refractivity (Wildman–Crippen MR) is 120 cm³/mol. The normalized spacial score (nSPS) is 13.5. The van der Waals surface area contributed by atoms with Crippen LogP contribution in [-0.2, 0) is 23.9 Å². The number of halogens is 3. The third-order valence-electron chi connectivity index (χ3n) is 5.29. The van der Waals surface area contributed by atoms with Gasteiger partial charge in [0, 0.05) is 11.4 Å². The van der Waals surface area contributed by atoms with Crippen molar-refractivity contribution in [2.75, 3.05) is 11.4 Å². The summed E-state index contributed by atoms with van der Waals surface area (Å²) >= 11 is 0. The number of anilines is 2. The van der Waals surface area contributed by atoms with Crippen LogP contribution in [0, 0.1) is 6.92 Å². The number of ether oxygens (including phenoxy) is 1. The van der Waals surface area contributed by atoms with Gasteiger partial charge < -0.3 is 13.8 Å². The Morgan fingerprint density at radius 1 is 0.914 bits per heavy atom. The topological polar surface area (TPSA) is 90.0 Å². The summed E-state index contributed by atoms with van der Waals surface area (Å²) in [5.74, 6) is -2.80. The first kappa shape index (κ1) is 24.3. The molecule has 3 aromatic rings. The number of nitrogens with zero attached hydrogens (tertiary/aromatic N) is 1. The van der Waals surface area contributed by atoms with E-state index in [1.165, 1.54) is 4.90 Å². The van der Waals surface area contributed by atoms with Gasteiger partial charge in [0.15, 0.2) is 0 Å². The van der Waals surface area contributed by atoms with E-state index in [1.807, 2.05) is 13.0 Å². The minimum atomic E-state index is -6.12. The number of hydrogen-bond acceptors (Lipinski definition) is 7. The second kappa shape index (κ2) is 9.06. The minimum absolute atomic E-state index is 0.318. The minimum Gasteiger partial charge on any atom is -0.426 e. The molecule has 0 saturated carbocycles. The Hall–Kier alpha value is -3.86.